The monoisotopic (exact) mass is 513 g/mol. The molecule has 0 saturated carbocycles. The van der Waals surface area contributed by atoms with Crippen molar-refractivity contribution in [1.82, 2.24) is 5.32 Å². The lowest BCUT2D eigenvalue weighted by Crippen LogP contribution is -2.54. The number of hydrogen-bond acceptors (Lipinski definition) is 8. The number of anilines is 1. The molecule has 11 heteroatoms. The molecule has 190 valence electrons. The average Bonchev–Trinajstić information content (AvgIpc) is 2.91. The number of carbonyl (C=O) groups is 4. The quantitative estimate of drug-likeness (QED) is 0.125. The number of nitro benzene ring substituents is 1. The maximum Gasteiger partial charge on any atom is 0.336 e. The Balaban J connectivity index is 1.59. The fourth-order valence-corrected chi connectivity index (χ4v) is 3.54. The molecule has 0 atom stereocenters. The van der Waals surface area contributed by atoms with Gasteiger partial charge in [0.05, 0.1) is 17.7 Å². The molecule has 0 bridgehead atoms. The summed E-state index contributed by atoms with van der Waals surface area (Å²) in [6.45, 7) is 0. The first-order chi connectivity index (χ1) is 18.3. The van der Waals surface area contributed by atoms with E-state index in [1.54, 1.807) is 30.3 Å². The highest BCUT2D eigenvalue weighted by Crippen LogP contribution is 2.27. The number of amides is 4. The van der Waals surface area contributed by atoms with Gasteiger partial charge >= 0.3 is 12.0 Å². The molecule has 1 aliphatic rings. The zero-order chi connectivity index (χ0) is 27.2. The molecule has 0 aliphatic carbocycles. The maximum atomic E-state index is 13.2. The van der Waals surface area contributed by atoms with E-state index in [0.29, 0.717) is 11.3 Å². The number of para-hydroxylation sites is 1. The van der Waals surface area contributed by atoms with Gasteiger partial charge in [0.1, 0.15) is 17.1 Å². The molecule has 4 amide bonds. The van der Waals surface area contributed by atoms with Crippen molar-refractivity contribution in [1.29, 1.82) is 0 Å². The molecule has 0 spiro atoms. The Labute approximate surface area is 215 Å². The van der Waals surface area contributed by atoms with Gasteiger partial charge in [-0.3, -0.25) is 25.0 Å². The lowest BCUT2D eigenvalue weighted by molar-refractivity contribution is -0.384. The number of hydrogen-bond donors (Lipinski definition) is 1. The Morgan fingerprint density at radius 2 is 1.76 bits per heavy atom. The van der Waals surface area contributed by atoms with Gasteiger partial charge in [-0.1, -0.05) is 36.4 Å². The van der Waals surface area contributed by atoms with Crippen LogP contribution in [0.25, 0.3) is 12.2 Å². The molecular weight excluding hydrogens is 494 g/mol. The van der Waals surface area contributed by atoms with Crippen LogP contribution in [0.15, 0.2) is 84.4 Å². The molecule has 1 heterocycles. The predicted molar refractivity (Wildman–Crippen MR) is 136 cm³/mol. The zero-order valence-corrected chi connectivity index (χ0v) is 19.8. The smallest absolute Gasteiger partial charge is 0.336 e. The first kappa shape index (κ1) is 25.5. The number of urea groups is 1. The predicted octanol–water partition coefficient (Wildman–Crippen LogP) is 3.89. The number of barbiturate groups is 1. The van der Waals surface area contributed by atoms with Gasteiger partial charge in [-0.25, -0.2) is 14.5 Å². The second-order valence-corrected chi connectivity index (χ2v) is 7.80. The number of imide groups is 2. The van der Waals surface area contributed by atoms with Gasteiger partial charge in [-0.15, -0.1) is 0 Å². The standard InChI is InChI=1S/C27H19N3O8/c1-37-21-10-5-8-19(16-21)29-26(33)22(25(32)28-27(29)34)15-18-7-2-3-11-23(18)38-24(31)13-12-17-6-4-9-20(14-17)30(35)36/h2-16H,1H3,(H,28,32,34)/b13-12+,22-15-. The van der Waals surface area contributed by atoms with Crippen molar-refractivity contribution in [3.8, 4) is 11.5 Å². The minimum Gasteiger partial charge on any atom is -0.497 e. The fourth-order valence-electron chi connectivity index (χ4n) is 3.54. The summed E-state index contributed by atoms with van der Waals surface area (Å²) >= 11 is 0. The number of methoxy groups -OCH3 is 1. The van der Waals surface area contributed by atoms with Gasteiger partial charge < -0.3 is 9.47 Å². The van der Waals surface area contributed by atoms with Gasteiger partial charge in [0.2, 0.25) is 0 Å². The summed E-state index contributed by atoms with van der Waals surface area (Å²) in [5.41, 5.74) is 0.343. The topological polar surface area (TPSA) is 145 Å². The average molecular weight is 513 g/mol. The molecule has 0 radical (unpaired) electrons. The van der Waals surface area contributed by atoms with E-state index in [2.05, 4.69) is 5.32 Å². The van der Waals surface area contributed by atoms with Crippen LogP contribution in [-0.2, 0) is 14.4 Å². The summed E-state index contributed by atoms with van der Waals surface area (Å²) in [7, 11) is 1.43. The SMILES string of the molecule is COc1cccc(N2C(=O)NC(=O)/C(=C/c3ccccc3OC(=O)/C=C/c3cccc([N+](=O)[O-])c3)C2=O)c1. The number of esters is 1. The van der Waals surface area contributed by atoms with Gasteiger partial charge in [-0.2, -0.15) is 0 Å². The van der Waals surface area contributed by atoms with E-state index in [-0.39, 0.29) is 28.3 Å². The van der Waals surface area contributed by atoms with E-state index >= 15 is 0 Å². The molecule has 0 aromatic heterocycles. The summed E-state index contributed by atoms with van der Waals surface area (Å²) in [5, 5.41) is 13.1. The molecule has 4 rings (SSSR count). The second kappa shape index (κ2) is 11.0. The van der Waals surface area contributed by atoms with Crippen LogP contribution < -0.4 is 19.7 Å². The number of rotatable bonds is 7. The van der Waals surface area contributed by atoms with E-state index in [4.69, 9.17) is 9.47 Å². The number of non-ortho nitro benzene ring substituents is 1. The highest BCUT2D eigenvalue weighted by molar-refractivity contribution is 6.39. The van der Waals surface area contributed by atoms with Gasteiger partial charge in [0.25, 0.3) is 17.5 Å². The van der Waals surface area contributed by atoms with E-state index < -0.39 is 28.7 Å². The van der Waals surface area contributed by atoms with E-state index in [1.807, 2.05) is 0 Å². The van der Waals surface area contributed by atoms with Crippen molar-refractivity contribution < 1.29 is 33.6 Å². The Kier molecular flexibility index (Phi) is 7.38. The van der Waals surface area contributed by atoms with Crippen LogP contribution in [-0.4, -0.2) is 35.8 Å². The van der Waals surface area contributed by atoms with Crippen LogP contribution in [0.2, 0.25) is 0 Å². The second-order valence-electron chi connectivity index (χ2n) is 7.80. The van der Waals surface area contributed by atoms with Crippen molar-refractivity contribution in [3.63, 3.8) is 0 Å². The summed E-state index contributed by atoms with van der Waals surface area (Å²) in [5.74, 6) is -2.14. The van der Waals surface area contributed by atoms with Gasteiger partial charge in [0, 0.05) is 29.8 Å². The molecule has 3 aromatic carbocycles. The molecule has 1 N–H and O–H groups in total. The van der Waals surface area contributed by atoms with Crippen molar-refractivity contribution in [2.45, 2.75) is 0 Å². The Hall–Kier alpha value is -5.58. The van der Waals surface area contributed by atoms with Crippen LogP contribution >= 0.6 is 0 Å². The largest absolute Gasteiger partial charge is 0.497 e. The van der Waals surface area contributed by atoms with Crippen molar-refractivity contribution in [2.75, 3.05) is 12.0 Å². The third kappa shape index (κ3) is 5.62. The lowest BCUT2D eigenvalue weighted by atomic mass is 10.1. The molecule has 0 unspecified atom stereocenters. The fraction of sp³-hybridized carbons (Fsp3) is 0.0370. The van der Waals surface area contributed by atoms with E-state index in [1.165, 1.54) is 61.7 Å². The normalized spacial score (nSPS) is 14.5. The molecule has 1 aliphatic heterocycles. The Morgan fingerprint density at radius 1 is 1.00 bits per heavy atom. The van der Waals surface area contributed by atoms with Crippen LogP contribution in [0, 0.1) is 10.1 Å². The molecule has 1 fully saturated rings. The van der Waals surface area contributed by atoms with Gasteiger partial charge in [-0.05, 0) is 35.9 Å². The number of carbonyl (C=O) groups excluding carboxylic acids is 4. The van der Waals surface area contributed by atoms with Crippen LogP contribution in [0.3, 0.4) is 0 Å². The van der Waals surface area contributed by atoms with Crippen LogP contribution in [0.4, 0.5) is 16.2 Å². The maximum absolute atomic E-state index is 13.2. The molecule has 3 aromatic rings. The third-order valence-electron chi connectivity index (χ3n) is 5.34. The highest BCUT2D eigenvalue weighted by atomic mass is 16.6. The summed E-state index contributed by atoms with van der Waals surface area (Å²) in [6.07, 6.45) is 3.65. The van der Waals surface area contributed by atoms with E-state index in [0.717, 1.165) is 11.0 Å². The van der Waals surface area contributed by atoms with Crippen molar-refractivity contribution in [2.24, 2.45) is 0 Å². The van der Waals surface area contributed by atoms with Crippen molar-refractivity contribution in [3.05, 3.63) is 106 Å². The Bertz CT molecular complexity index is 1530. The van der Waals surface area contributed by atoms with Gasteiger partial charge in [0.15, 0.2) is 0 Å². The number of nitro groups is 1. The summed E-state index contributed by atoms with van der Waals surface area (Å²) < 4.78 is 10.5. The highest BCUT2D eigenvalue weighted by Gasteiger charge is 2.37. The molecule has 38 heavy (non-hydrogen) atoms. The first-order valence-electron chi connectivity index (χ1n) is 11.1. The first-order valence-corrected chi connectivity index (χ1v) is 11.1. The number of ether oxygens (including phenoxy) is 2. The lowest BCUT2D eigenvalue weighted by Gasteiger charge is -2.26. The van der Waals surface area contributed by atoms with Crippen molar-refractivity contribution >= 4 is 47.3 Å². The molecular formula is C27H19N3O8. The number of benzene rings is 3. The third-order valence-corrected chi connectivity index (χ3v) is 5.34. The number of nitrogens with one attached hydrogen (secondary N) is 1. The summed E-state index contributed by atoms with van der Waals surface area (Å²) in [6, 6.07) is 17.1. The molecule has 11 nitrogen and oxygen atoms in total. The summed E-state index contributed by atoms with van der Waals surface area (Å²) in [4.78, 5) is 61.8. The zero-order valence-electron chi connectivity index (χ0n) is 19.8. The molecule has 1 saturated heterocycles. The van der Waals surface area contributed by atoms with Crippen LogP contribution in [0.5, 0.6) is 11.5 Å². The number of nitrogens with zero attached hydrogens (tertiary/aromatic N) is 2. The Morgan fingerprint density at radius 3 is 2.53 bits per heavy atom. The minimum atomic E-state index is -0.920. The van der Waals surface area contributed by atoms with E-state index in [9.17, 15) is 29.3 Å². The minimum absolute atomic E-state index is 0.0409. The van der Waals surface area contributed by atoms with Crippen LogP contribution in [0.1, 0.15) is 11.1 Å².